The highest BCUT2D eigenvalue weighted by Gasteiger charge is 2.58. The van der Waals surface area contributed by atoms with E-state index in [4.69, 9.17) is 9.98 Å². The highest BCUT2D eigenvalue weighted by molar-refractivity contribution is 6.17. The van der Waals surface area contributed by atoms with Crippen molar-refractivity contribution in [3.63, 3.8) is 0 Å². The number of aliphatic imine (C=N–C) groups is 1. The normalized spacial score (nSPS) is 21.4. The molecule has 37 heavy (non-hydrogen) atoms. The zero-order valence-electron chi connectivity index (χ0n) is 21.8. The molecule has 0 unspecified atom stereocenters. The number of pyridine rings is 1. The second-order valence-corrected chi connectivity index (χ2v) is 11.9. The van der Waals surface area contributed by atoms with Crippen LogP contribution in [-0.4, -0.2) is 57.6 Å². The molecular weight excluding hydrogens is 460 g/mol. The zero-order chi connectivity index (χ0) is 25.5. The van der Waals surface area contributed by atoms with Crippen LogP contribution in [0.4, 0.5) is 0 Å². The van der Waals surface area contributed by atoms with Crippen molar-refractivity contribution in [3.8, 4) is 11.1 Å². The first-order valence-electron chi connectivity index (χ1n) is 13.4. The molecule has 1 aromatic heterocycles. The Morgan fingerprint density at radius 2 is 1.68 bits per heavy atom. The number of carbonyl (C=O) groups is 2. The van der Waals surface area contributed by atoms with E-state index in [1.54, 1.807) is 0 Å². The minimum atomic E-state index is -0.539. The van der Waals surface area contributed by atoms with Crippen molar-refractivity contribution in [3.05, 3.63) is 65.4 Å². The number of likely N-dealkylation sites (tertiary alicyclic amines) is 1. The molecule has 3 fully saturated rings. The van der Waals surface area contributed by atoms with Crippen LogP contribution in [0.5, 0.6) is 0 Å². The quantitative estimate of drug-likeness (QED) is 0.509. The van der Waals surface area contributed by atoms with Crippen LogP contribution in [0.3, 0.4) is 0 Å². The molecule has 2 aliphatic carbocycles. The summed E-state index contributed by atoms with van der Waals surface area (Å²) in [4.78, 5) is 39.6. The predicted molar refractivity (Wildman–Crippen MR) is 144 cm³/mol. The Hall–Kier alpha value is -3.54. The molecule has 2 aliphatic heterocycles. The molecule has 2 saturated carbocycles. The van der Waals surface area contributed by atoms with Gasteiger partial charge in [0.15, 0.2) is 0 Å². The van der Waals surface area contributed by atoms with Crippen molar-refractivity contribution in [1.29, 1.82) is 0 Å². The third-order valence-electron chi connectivity index (χ3n) is 8.78. The molecule has 1 spiro atoms. The lowest BCUT2D eigenvalue weighted by molar-refractivity contribution is -0.143. The summed E-state index contributed by atoms with van der Waals surface area (Å²) in [5, 5.41) is 1.13. The van der Waals surface area contributed by atoms with E-state index in [2.05, 4.69) is 56.3 Å². The standard InChI is InChI=1S/C31H32N4O2/c1-19-14-23(24-7-6-22-5-4-20(2)32-26(22)15-24)8-9-25(19)27-33-31(12-13-31)29(37)35(27)18-21-16-34(17-21)28(36)30(3)10-11-30/h4-9,14-15,21H,10-13,16-18H2,1-3H3. The van der Waals surface area contributed by atoms with Crippen LogP contribution in [0.2, 0.25) is 0 Å². The van der Waals surface area contributed by atoms with Gasteiger partial charge in [-0.05, 0) is 68.4 Å². The Kier molecular flexibility index (Phi) is 4.73. The maximum Gasteiger partial charge on any atom is 0.256 e. The molecule has 4 aliphatic rings. The molecule has 2 amide bonds. The van der Waals surface area contributed by atoms with Crippen molar-refractivity contribution >= 4 is 28.6 Å². The molecule has 0 bridgehead atoms. The molecule has 1 saturated heterocycles. The van der Waals surface area contributed by atoms with E-state index >= 15 is 0 Å². The fourth-order valence-corrected chi connectivity index (χ4v) is 5.86. The smallest absolute Gasteiger partial charge is 0.256 e. The van der Waals surface area contributed by atoms with Crippen LogP contribution in [0.1, 0.15) is 49.4 Å². The fourth-order valence-electron chi connectivity index (χ4n) is 5.86. The van der Waals surface area contributed by atoms with Gasteiger partial charge in [0.05, 0.1) is 5.52 Å². The van der Waals surface area contributed by atoms with Gasteiger partial charge in [0.25, 0.3) is 5.91 Å². The number of benzene rings is 2. The van der Waals surface area contributed by atoms with Crippen molar-refractivity contribution in [2.75, 3.05) is 19.6 Å². The maximum atomic E-state index is 13.4. The number of hydrogen-bond donors (Lipinski definition) is 0. The molecule has 188 valence electrons. The van der Waals surface area contributed by atoms with Gasteiger partial charge in [0, 0.05) is 47.6 Å². The van der Waals surface area contributed by atoms with E-state index < -0.39 is 5.54 Å². The summed E-state index contributed by atoms with van der Waals surface area (Å²) in [5.74, 6) is 1.54. The van der Waals surface area contributed by atoms with Gasteiger partial charge in [-0.25, -0.2) is 0 Å². The number of fused-ring (bicyclic) bond motifs is 1. The Balaban J connectivity index is 1.14. The van der Waals surface area contributed by atoms with Crippen molar-refractivity contribution in [2.45, 2.75) is 52.0 Å². The van der Waals surface area contributed by atoms with Crippen molar-refractivity contribution in [1.82, 2.24) is 14.8 Å². The second-order valence-electron chi connectivity index (χ2n) is 11.9. The van der Waals surface area contributed by atoms with Gasteiger partial charge in [0.1, 0.15) is 11.4 Å². The van der Waals surface area contributed by atoms with E-state index in [0.29, 0.717) is 12.5 Å². The largest absolute Gasteiger partial charge is 0.341 e. The lowest BCUT2D eigenvalue weighted by Gasteiger charge is -2.42. The Bertz CT molecular complexity index is 1510. The number of nitrogens with zero attached hydrogens (tertiary/aromatic N) is 4. The van der Waals surface area contributed by atoms with Crippen LogP contribution in [0.25, 0.3) is 22.0 Å². The number of rotatable bonds is 5. The third-order valence-corrected chi connectivity index (χ3v) is 8.78. The summed E-state index contributed by atoms with van der Waals surface area (Å²) in [6.45, 7) is 8.30. The average Bonchev–Trinajstić information content (AvgIpc) is 3.78. The minimum Gasteiger partial charge on any atom is -0.341 e. The first-order valence-corrected chi connectivity index (χ1v) is 13.4. The van der Waals surface area contributed by atoms with E-state index in [1.165, 1.54) is 0 Å². The molecule has 0 atom stereocenters. The van der Waals surface area contributed by atoms with E-state index in [0.717, 1.165) is 83.5 Å². The fraction of sp³-hybridized carbons (Fsp3) is 0.419. The zero-order valence-corrected chi connectivity index (χ0v) is 21.8. The number of aryl methyl sites for hydroxylation is 2. The van der Waals surface area contributed by atoms with Crippen molar-refractivity contribution < 1.29 is 9.59 Å². The summed E-state index contributed by atoms with van der Waals surface area (Å²) in [6.07, 6.45) is 3.67. The molecule has 6 nitrogen and oxygen atoms in total. The van der Waals surface area contributed by atoms with Gasteiger partial charge in [-0.2, -0.15) is 0 Å². The summed E-state index contributed by atoms with van der Waals surface area (Å²) in [6, 6.07) is 17.0. The van der Waals surface area contributed by atoms with E-state index in [9.17, 15) is 9.59 Å². The van der Waals surface area contributed by atoms with Gasteiger partial charge in [0.2, 0.25) is 5.91 Å². The summed E-state index contributed by atoms with van der Waals surface area (Å²) >= 11 is 0. The van der Waals surface area contributed by atoms with Gasteiger partial charge < -0.3 is 4.90 Å². The van der Waals surface area contributed by atoms with Crippen molar-refractivity contribution in [2.24, 2.45) is 16.3 Å². The number of amidine groups is 1. The minimum absolute atomic E-state index is 0.127. The summed E-state index contributed by atoms with van der Waals surface area (Å²) < 4.78 is 0. The van der Waals surface area contributed by atoms with Crippen LogP contribution in [-0.2, 0) is 9.59 Å². The Labute approximate surface area is 217 Å². The molecule has 0 N–H and O–H groups in total. The number of hydrogen-bond acceptors (Lipinski definition) is 4. The summed E-state index contributed by atoms with van der Waals surface area (Å²) in [7, 11) is 0. The van der Waals surface area contributed by atoms with E-state index in [-0.39, 0.29) is 17.2 Å². The van der Waals surface area contributed by atoms with Crippen LogP contribution < -0.4 is 0 Å². The first kappa shape index (κ1) is 22.6. The van der Waals surface area contributed by atoms with Gasteiger partial charge in [-0.15, -0.1) is 0 Å². The average molecular weight is 493 g/mol. The van der Waals surface area contributed by atoms with Gasteiger partial charge in [-0.3, -0.25) is 24.5 Å². The molecule has 3 heterocycles. The number of carbonyl (C=O) groups excluding carboxylic acids is 2. The first-order chi connectivity index (χ1) is 17.7. The third kappa shape index (κ3) is 3.68. The lowest BCUT2D eigenvalue weighted by Crippen LogP contribution is -2.56. The highest BCUT2D eigenvalue weighted by Crippen LogP contribution is 2.48. The van der Waals surface area contributed by atoms with Crippen LogP contribution >= 0.6 is 0 Å². The maximum absolute atomic E-state index is 13.4. The molecule has 7 rings (SSSR count). The molecule has 0 radical (unpaired) electrons. The van der Waals surface area contributed by atoms with Gasteiger partial charge >= 0.3 is 0 Å². The predicted octanol–water partition coefficient (Wildman–Crippen LogP) is 4.90. The van der Waals surface area contributed by atoms with E-state index in [1.807, 2.05) is 22.8 Å². The van der Waals surface area contributed by atoms with Crippen LogP contribution in [0, 0.1) is 25.2 Å². The molecular formula is C31H32N4O2. The number of aromatic nitrogens is 1. The van der Waals surface area contributed by atoms with Crippen LogP contribution in [0.15, 0.2) is 53.5 Å². The molecule has 6 heteroatoms. The van der Waals surface area contributed by atoms with Gasteiger partial charge in [-0.1, -0.05) is 43.3 Å². The Morgan fingerprint density at radius 3 is 2.38 bits per heavy atom. The highest BCUT2D eigenvalue weighted by atomic mass is 16.2. The summed E-state index contributed by atoms with van der Waals surface area (Å²) in [5.41, 5.74) is 5.73. The molecule has 2 aromatic carbocycles. The lowest BCUT2D eigenvalue weighted by atomic mass is 9.95. The second kappa shape index (κ2) is 7.73. The number of amides is 2. The topological polar surface area (TPSA) is 65.9 Å². The molecule has 3 aromatic rings. The SMILES string of the molecule is Cc1ccc2ccc(-c3ccc(C4=NC5(CC5)C(=O)N4CC4CN(C(=O)C5(C)CC5)C4)c(C)c3)cc2n1. The monoisotopic (exact) mass is 492 g/mol. The Morgan fingerprint density at radius 1 is 0.973 bits per heavy atom.